The Balaban J connectivity index is 1.34. The van der Waals surface area contributed by atoms with Gasteiger partial charge in [0.2, 0.25) is 0 Å². The van der Waals surface area contributed by atoms with E-state index < -0.39 is 0 Å². The number of para-hydroxylation sites is 1. The number of aromatic nitrogens is 1. The summed E-state index contributed by atoms with van der Waals surface area (Å²) in [5.74, 6) is 1.75. The van der Waals surface area contributed by atoms with Crippen LogP contribution in [0.15, 0.2) is 30.3 Å². The third-order valence-corrected chi connectivity index (χ3v) is 7.59. The number of carbonyl (C=O) groups excluding carboxylic acids is 1. The van der Waals surface area contributed by atoms with Crippen molar-refractivity contribution in [2.75, 3.05) is 32.8 Å². The van der Waals surface area contributed by atoms with Gasteiger partial charge in [0, 0.05) is 43.6 Å². The number of hydrogen-bond donors (Lipinski definition) is 0. The Morgan fingerprint density at radius 1 is 1.09 bits per heavy atom. The van der Waals surface area contributed by atoms with E-state index in [0.717, 1.165) is 68.5 Å². The summed E-state index contributed by atoms with van der Waals surface area (Å²) >= 11 is 0. The molecule has 0 aliphatic carbocycles. The zero-order valence-corrected chi connectivity index (χ0v) is 20.5. The van der Waals surface area contributed by atoms with E-state index >= 15 is 0 Å². The van der Waals surface area contributed by atoms with Gasteiger partial charge in [-0.15, -0.1) is 0 Å². The zero-order chi connectivity index (χ0) is 22.9. The highest BCUT2D eigenvalue weighted by Gasteiger charge is 2.42. The Kier molecular flexibility index (Phi) is 6.66. The van der Waals surface area contributed by atoms with Crippen LogP contribution < -0.4 is 4.74 Å². The predicted octanol–water partition coefficient (Wildman–Crippen LogP) is 4.81. The van der Waals surface area contributed by atoms with Crippen LogP contribution in [0.3, 0.4) is 0 Å². The smallest absolute Gasteiger partial charge is 0.255 e. The van der Waals surface area contributed by atoms with Crippen LogP contribution in [0.5, 0.6) is 5.75 Å². The Labute approximate surface area is 193 Å². The third-order valence-electron chi connectivity index (χ3n) is 7.59. The van der Waals surface area contributed by atoms with E-state index in [2.05, 4.69) is 59.4 Å². The van der Waals surface area contributed by atoms with Crippen LogP contribution in [-0.4, -0.2) is 53.1 Å². The molecule has 1 amide bonds. The topological polar surface area (TPSA) is 37.7 Å². The van der Waals surface area contributed by atoms with E-state index in [0.29, 0.717) is 5.92 Å². The van der Waals surface area contributed by atoms with E-state index in [4.69, 9.17) is 4.74 Å². The highest BCUT2D eigenvalue weighted by Crippen LogP contribution is 2.41. The molecule has 2 aromatic rings. The Morgan fingerprint density at radius 2 is 1.78 bits per heavy atom. The van der Waals surface area contributed by atoms with Crippen molar-refractivity contribution < 1.29 is 9.53 Å². The summed E-state index contributed by atoms with van der Waals surface area (Å²) in [6.07, 6.45) is 3.46. The molecule has 174 valence electrons. The molecule has 1 aromatic heterocycles. The average Bonchev–Trinajstić information content (AvgIpc) is 3.31. The first-order valence-corrected chi connectivity index (χ1v) is 12.1. The van der Waals surface area contributed by atoms with Crippen LogP contribution in [0.25, 0.3) is 0 Å². The van der Waals surface area contributed by atoms with Crippen molar-refractivity contribution >= 4 is 5.91 Å². The summed E-state index contributed by atoms with van der Waals surface area (Å²) < 4.78 is 8.17. The third kappa shape index (κ3) is 4.73. The van der Waals surface area contributed by atoms with Crippen LogP contribution in [-0.2, 0) is 13.6 Å². The molecule has 2 saturated heterocycles. The molecular weight excluding hydrogens is 398 g/mol. The zero-order valence-electron chi connectivity index (χ0n) is 20.5. The standard InChI is InChI=1S/C27H39N3O2/c1-20(2)18-32-25-9-7-6-8-23(25)17-29-13-10-27(11-14-29)12-15-30(19-27)26(31)24-16-21(3)28(5)22(24)4/h6-9,16,20H,10-15,17-19H2,1-5H3. The quantitative estimate of drug-likeness (QED) is 0.651. The number of piperidine rings is 1. The van der Waals surface area contributed by atoms with Crippen LogP contribution in [0.1, 0.15) is 60.4 Å². The number of rotatable bonds is 6. The molecule has 0 bridgehead atoms. The minimum absolute atomic E-state index is 0.210. The molecule has 3 heterocycles. The fourth-order valence-electron chi connectivity index (χ4n) is 5.22. The summed E-state index contributed by atoms with van der Waals surface area (Å²) in [4.78, 5) is 17.9. The molecule has 32 heavy (non-hydrogen) atoms. The SMILES string of the molecule is Cc1cc(C(=O)N2CCC3(CCN(Cc4ccccc4OCC(C)C)CC3)C2)c(C)n1C. The average molecular weight is 438 g/mol. The van der Waals surface area contributed by atoms with Crippen molar-refractivity contribution in [1.29, 1.82) is 0 Å². The van der Waals surface area contributed by atoms with E-state index in [9.17, 15) is 4.79 Å². The molecule has 0 radical (unpaired) electrons. The number of nitrogens with zero attached hydrogens (tertiary/aromatic N) is 3. The minimum atomic E-state index is 0.210. The van der Waals surface area contributed by atoms with E-state index in [1.165, 1.54) is 18.4 Å². The van der Waals surface area contributed by atoms with Gasteiger partial charge in [-0.25, -0.2) is 0 Å². The van der Waals surface area contributed by atoms with Gasteiger partial charge in [-0.05, 0) is 69.7 Å². The van der Waals surface area contributed by atoms with Gasteiger partial charge >= 0.3 is 0 Å². The van der Waals surface area contributed by atoms with Crippen molar-refractivity contribution in [1.82, 2.24) is 14.4 Å². The molecule has 5 nitrogen and oxygen atoms in total. The first-order valence-electron chi connectivity index (χ1n) is 12.1. The molecule has 1 aromatic carbocycles. The van der Waals surface area contributed by atoms with E-state index in [1.807, 2.05) is 20.0 Å². The maximum absolute atomic E-state index is 13.2. The van der Waals surface area contributed by atoms with Gasteiger partial charge in [0.15, 0.2) is 0 Å². The lowest BCUT2D eigenvalue weighted by molar-refractivity contribution is 0.0712. The maximum Gasteiger partial charge on any atom is 0.255 e. The van der Waals surface area contributed by atoms with Gasteiger partial charge in [0.25, 0.3) is 5.91 Å². The second kappa shape index (κ2) is 9.30. The molecule has 2 aliphatic heterocycles. The van der Waals surface area contributed by atoms with Gasteiger partial charge in [-0.2, -0.15) is 0 Å². The maximum atomic E-state index is 13.2. The molecule has 2 aliphatic rings. The molecule has 0 unspecified atom stereocenters. The molecule has 0 saturated carbocycles. The number of benzene rings is 1. The predicted molar refractivity (Wildman–Crippen MR) is 129 cm³/mol. The molecule has 0 atom stereocenters. The Morgan fingerprint density at radius 3 is 2.44 bits per heavy atom. The van der Waals surface area contributed by atoms with E-state index in [1.54, 1.807) is 0 Å². The minimum Gasteiger partial charge on any atom is -0.493 e. The van der Waals surface area contributed by atoms with Crippen LogP contribution in [0, 0.1) is 25.2 Å². The highest BCUT2D eigenvalue weighted by atomic mass is 16.5. The molecule has 2 fully saturated rings. The summed E-state index contributed by atoms with van der Waals surface area (Å²) in [5, 5.41) is 0. The molecular formula is C27H39N3O2. The van der Waals surface area contributed by atoms with E-state index in [-0.39, 0.29) is 11.3 Å². The second-order valence-corrected chi connectivity index (χ2v) is 10.4. The number of carbonyl (C=O) groups is 1. The van der Waals surface area contributed by atoms with Gasteiger partial charge in [0.1, 0.15) is 5.75 Å². The fourth-order valence-corrected chi connectivity index (χ4v) is 5.22. The molecule has 4 rings (SSSR count). The van der Waals surface area contributed by atoms with Crippen LogP contribution in [0.4, 0.5) is 0 Å². The highest BCUT2D eigenvalue weighted by molar-refractivity contribution is 5.96. The van der Waals surface area contributed by atoms with Gasteiger partial charge in [0.05, 0.1) is 12.2 Å². The lowest BCUT2D eigenvalue weighted by Crippen LogP contribution is -2.42. The van der Waals surface area contributed by atoms with Crippen LogP contribution in [0.2, 0.25) is 0 Å². The first-order chi connectivity index (χ1) is 15.3. The molecule has 0 N–H and O–H groups in total. The Hall–Kier alpha value is -2.27. The number of aryl methyl sites for hydroxylation is 1. The number of ether oxygens (including phenoxy) is 1. The van der Waals surface area contributed by atoms with Crippen molar-refractivity contribution in [3.8, 4) is 5.75 Å². The second-order valence-electron chi connectivity index (χ2n) is 10.4. The van der Waals surface area contributed by atoms with Gasteiger partial charge in [-0.3, -0.25) is 9.69 Å². The molecule has 5 heteroatoms. The number of amides is 1. The monoisotopic (exact) mass is 437 g/mol. The van der Waals surface area contributed by atoms with Crippen LogP contribution >= 0.6 is 0 Å². The summed E-state index contributed by atoms with van der Waals surface area (Å²) in [6.45, 7) is 14.1. The summed E-state index contributed by atoms with van der Waals surface area (Å²) in [6, 6.07) is 10.5. The first kappa shape index (κ1) is 22.9. The van der Waals surface area contributed by atoms with Gasteiger partial charge in [-0.1, -0.05) is 32.0 Å². The van der Waals surface area contributed by atoms with Crippen molar-refractivity contribution in [3.63, 3.8) is 0 Å². The van der Waals surface area contributed by atoms with Crippen molar-refractivity contribution in [2.24, 2.45) is 18.4 Å². The number of likely N-dealkylation sites (tertiary alicyclic amines) is 2. The lowest BCUT2D eigenvalue weighted by atomic mass is 9.77. The number of hydrogen-bond acceptors (Lipinski definition) is 3. The fraction of sp³-hybridized carbons (Fsp3) is 0.593. The van der Waals surface area contributed by atoms with Crippen molar-refractivity contribution in [3.05, 3.63) is 52.8 Å². The van der Waals surface area contributed by atoms with Gasteiger partial charge < -0.3 is 14.2 Å². The lowest BCUT2D eigenvalue weighted by Gasteiger charge is -2.39. The molecule has 1 spiro atoms. The normalized spacial score (nSPS) is 18.6. The Bertz CT molecular complexity index is 954. The summed E-state index contributed by atoms with van der Waals surface area (Å²) in [5.41, 5.74) is 4.66. The largest absolute Gasteiger partial charge is 0.493 e. The van der Waals surface area contributed by atoms with Crippen molar-refractivity contribution in [2.45, 2.75) is 53.5 Å². The summed E-state index contributed by atoms with van der Waals surface area (Å²) in [7, 11) is 2.04.